The summed E-state index contributed by atoms with van der Waals surface area (Å²) in [6.07, 6.45) is 1.23. The Bertz CT molecular complexity index is 320. The molecular weight excluding hydrogens is 179 g/mol. The van der Waals surface area contributed by atoms with Crippen LogP contribution in [0, 0.1) is 0 Å². The number of rotatable bonds is 2. The standard InChI is InChI=1S/C9H6ClFO/c10-9-4-2-1-3-7(9)5-8(11)6-12/h1-6H/b8-5-. The average molecular weight is 185 g/mol. The Labute approximate surface area is 74.5 Å². The molecule has 0 radical (unpaired) electrons. The van der Waals surface area contributed by atoms with Crippen LogP contribution < -0.4 is 0 Å². The minimum atomic E-state index is -0.830. The van der Waals surface area contributed by atoms with Crippen LogP contribution in [0.15, 0.2) is 30.1 Å². The summed E-state index contributed by atoms with van der Waals surface area (Å²) in [7, 11) is 0. The number of hydrogen-bond donors (Lipinski definition) is 0. The fourth-order valence-corrected chi connectivity index (χ4v) is 0.965. The Balaban J connectivity index is 3.04. The zero-order valence-corrected chi connectivity index (χ0v) is 6.88. The number of hydrogen-bond acceptors (Lipinski definition) is 1. The summed E-state index contributed by atoms with van der Waals surface area (Å²) in [5.74, 6) is -0.830. The van der Waals surface area contributed by atoms with Crippen molar-refractivity contribution in [3.8, 4) is 0 Å². The first-order valence-electron chi connectivity index (χ1n) is 3.31. The van der Waals surface area contributed by atoms with Crippen LogP contribution >= 0.6 is 11.6 Å². The molecule has 0 aliphatic carbocycles. The Morgan fingerprint density at radius 2 is 2.08 bits per heavy atom. The van der Waals surface area contributed by atoms with Gasteiger partial charge in [0, 0.05) is 5.02 Å². The fraction of sp³-hybridized carbons (Fsp3) is 0. The molecule has 0 atom stereocenters. The zero-order valence-electron chi connectivity index (χ0n) is 6.13. The van der Waals surface area contributed by atoms with E-state index >= 15 is 0 Å². The first-order valence-corrected chi connectivity index (χ1v) is 3.69. The lowest BCUT2D eigenvalue weighted by atomic mass is 10.2. The highest BCUT2D eigenvalue weighted by Gasteiger charge is 1.96. The predicted molar refractivity (Wildman–Crippen MR) is 46.6 cm³/mol. The topological polar surface area (TPSA) is 17.1 Å². The van der Waals surface area contributed by atoms with Crippen molar-refractivity contribution < 1.29 is 9.18 Å². The Morgan fingerprint density at radius 3 is 2.67 bits per heavy atom. The van der Waals surface area contributed by atoms with Crippen molar-refractivity contribution in [1.29, 1.82) is 0 Å². The van der Waals surface area contributed by atoms with Gasteiger partial charge in [-0.1, -0.05) is 29.8 Å². The smallest absolute Gasteiger partial charge is 0.178 e. The molecule has 12 heavy (non-hydrogen) atoms. The molecule has 0 heterocycles. The molecule has 0 amide bonds. The Kier molecular flexibility index (Phi) is 3.00. The van der Waals surface area contributed by atoms with Crippen LogP contribution in [-0.4, -0.2) is 6.29 Å². The van der Waals surface area contributed by atoms with Crippen LogP contribution in [0.4, 0.5) is 4.39 Å². The van der Waals surface area contributed by atoms with E-state index in [0.717, 1.165) is 6.08 Å². The molecule has 0 N–H and O–H groups in total. The largest absolute Gasteiger partial charge is 0.295 e. The zero-order chi connectivity index (χ0) is 8.97. The molecule has 0 saturated carbocycles. The molecular formula is C9H6ClFO. The molecule has 1 nitrogen and oxygen atoms in total. The molecule has 0 aliphatic rings. The third-order valence-corrected chi connectivity index (χ3v) is 1.66. The lowest BCUT2D eigenvalue weighted by Crippen LogP contribution is -1.77. The molecule has 0 spiro atoms. The highest BCUT2D eigenvalue weighted by molar-refractivity contribution is 6.32. The number of benzene rings is 1. The molecule has 3 heteroatoms. The molecule has 1 aromatic carbocycles. The predicted octanol–water partition coefficient (Wildman–Crippen LogP) is 2.85. The van der Waals surface area contributed by atoms with Crippen LogP contribution in [0.1, 0.15) is 5.56 Å². The quantitative estimate of drug-likeness (QED) is 0.510. The fourth-order valence-electron chi connectivity index (χ4n) is 0.775. The molecule has 0 unspecified atom stereocenters. The molecule has 0 bridgehead atoms. The van der Waals surface area contributed by atoms with Gasteiger partial charge in [0.05, 0.1) is 0 Å². The van der Waals surface area contributed by atoms with E-state index in [1.807, 2.05) is 0 Å². The number of carbonyl (C=O) groups is 1. The van der Waals surface area contributed by atoms with Crippen molar-refractivity contribution in [3.05, 3.63) is 40.7 Å². The molecule has 1 rings (SSSR count). The minimum Gasteiger partial charge on any atom is -0.295 e. The van der Waals surface area contributed by atoms with Gasteiger partial charge < -0.3 is 0 Å². The highest BCUT2D eigenvalue weighted by atomic mass is 35.5. The molecule has 1 aromatic rings. The van der Waals surface area contributed by atoms with Gasteiger partial charge in [-0.15, -0.1) is 0 Å². The van der Waals surface area contributed by atoms with Crippen molar-refractivity contribution in [3.63, 3.8) is 0 Å². The molecule has 0 saturated heterocycles. The van der Waals surface area contributed by atoms with Crippen molar-refractivity contribution in [2.75, 3.05) is 0 Å². The summed E-state index contributed by atoms with van der Waals surface area (Å²) in [5, 5.41) is 0.425. The van der Waals surface area contributed by atoms with Crippen LogP contribution in [0.2, 0.25) is 5.02 Å². The summed E-state index contributed by atoms with van der Waals surface area (Å²) < 4.78 is 12.4. The second kappa shape index (κ2) is 4.02. The van der Waals surface area contributed by atoms with Crippen LogP contribution in [-0.2, 0) is 4.79 Å². The van der Waals surface area contributed by atoms with E-state index in [0.29, 0.717) is 10.6 Å². The number of aldehydes is 1. The molecule has 0 aliphatic heterocycles. The van der Waals surface area contributed by atoms with Gasteiger partial charge in [-0.25, -0.2) is 4.39 Å². The normalized spacial score (nSPS) is 11.3. The summed E-state index contributed by atoms with van der Waals surface area (Å²) in [6.45, 7) is 0. The van der Waals surface area contributed by atoms with Crippen molar-refractivity contribution in [1.82, 2.24) is 0 Å². The van der Waals surface area contributed by atoms with Gasteiger partial charge in [0.1, 0.15) is 0 Å². The second-order valence-electron chi connectivity index (χ2n) is 2.17. The maximum atomic E-state index is 12.4. The summed E-state index contributed by atoms with van der Waals surface area (Å²) in [5.41, 5.74) is 0.503. The summed E-state index contributed by atoms with van der Waals surface area (Å²) in [4.78, 5) is 9.93. The van der Waals surface area contributed by atoms with Crippen LogP contribution in [0.25, 0.3) is 6.08 Å². The summed E-state index contributed by atoms with van der Waals surface area (Å²) in [6, 6.07) is 6.71. The monoisotopic (exact) mass is 184 g/mol. The van der Waals surface area contributed by atoms with E-state index in [1.54, 1.807) is 24.3 Å². The third kappa shape index (κ3) is 2.17. The highest BCUT2D eigenvalue weighted by Crippen LogP contribution is 2.17. The average Bonchev–Trinajstić information content (AvgIpc) is 2.09. The molecule has 0 aromatic heterocycles. The first kappa shape index (κ1) is 8.94. The lowest BCUT2D eigenvalue weighted by molar-refractivity contribution is -0.106. The molecule has 0 fully saturated rings. The Morgan fingerprint density at radius 1 is 1.42 bits per heavy atom. The SMILES string of the molecule is O=C/C(F)=C/c1ccccc1Cl. The number of halogens is 2. The van der Waals surface area contributed by atoms with E-state index in [-0.39, 0.29) is 6.29 Å². The number of carbonyl (C=O) groups excluding carboxylic acids is 1. The van der Waals surface area contributed by atoms with Gasteiger partial charge in [-0.3, -0.25) is 4.79 Å². The van der Waals surface area contributed by atoms with Gasteiger partial charge in [0.2, 0.25) is 0 Å². The van der Waals surface area contributed by atoms with Gasteiger partial charge in [0.25, 0.3) is 0 Å². The van der Waals surface area contributed by atoms with Gasteiger partial charge >= 0.3 is 0 Å². The third-order valence-electron chi connectivity index (χ3n) is 1.31. The van der Waals surface area contributed by atoms with E-state index in [2.05, 4.69) is 0 Å². The maximum Gasteiger partial charge on any atom is 0.178 e. The second-order valence-corrected chi connectivity index (χ2v) is 2.58. The van der Waals surface area contributed by atoms with Crippen LogP contribution in [0.5, 0.6) is 0 Å². The van der Waals surface area contributed by atoms with E-state index < -0.39 is 5.83 Å². The van der Waals surface area contributed by atoms with E-state index in [4.69, 9.17) is 11.6 Å². The van der Waals surface area contributed by atoms with E-state index in [9.17, 15) is 9.18 Å². The van der Waals surface area contributed by atoms with E-state index in [1.165, 1.54) is 0 Å². The summed E-state index contributed by atoms with van der Waals surface area (Å²) >= 11 is 5.70. The first-order chi connectivity index (χ1) is 5.74. The van der Waals surface area contributed by atoms with Crippen molar-refractivity contribution in [2.45, 2.75) is 0 Å². The lowest BCUT2D eigenvalue weighted by Gasteiger charge is -1.94. The van der Waals surface area contributed by atoms with Gasteiger partial charge in [-0.05, 0) is 17.7 Å². The Hall–Kier alpha value is -1.15. The van der Waals surface area contributed by atoms with Gasteiger partial charge in [-0.2, -0.15) is 0 Å². The number of allylic oxidation sites excluding steroid dienone is 1. The van der Waals surface area contributed by atoms with Crippen molar-refractivity contribution in [2.24, 2.45) is 0 Å². The maximum absolute atomic E-state index is 12.4. The minimum absolute atomic E-state index is 0.142. The van der Waals surface area contributed by atoms with Crippen LogP contribution in [0.3, 0.4) is 0 Å². The van der Waals surface area contributed by atoms with Crippen molar-refractivity contribution >= 4 is 24.0 Å². The van der Waals surface area contributed by atoms with Gasteiger partial charge in [0.15, 0.2) is 12.1 Å². The molecule has 62 valence electrons.